The molecule has 0 aliphatic carbocycles. The van der Waals surface area contributed by atoms with Crippen molar-refractivity contribution >= 4 is 5.91 Å². The van der Waals surface area contributed by atoms with Crippen LogP contribution in [0.15, 0.2) is 35.1 Å². The van der Waals surface area contributed by atoms with E-state index in [0.717, 1.165) is 37.4 Å². The molecule has 1 aliphatic heterocycles. The maximum atomic E-state index is 12.2. The average molecular weight is 344 g/mol. The van der Waals surface area contributed by atoms with E-state index in [2.05, 4.69) is 27.3 Å². The zero-order valence-corrected chi connectivity index (χ0v) is 14.4. The summed E-state index contributed by atoms with van der Waals surface area (Å²) >= 11 is 0. The molecule has 3 rings (SSSR count). The standard InChI is InChI=1S/C18H24N4O3/c1-13-4-7-22(8-5-13)12-15(23)11-20-18(24)16-9-17(25-21-16)14-3-2-6-19-10-14/h2-3,6,9-10,13,15,23H,4-5,7-8,11-12H2,1H3,(H,20,24). The molecule has 0 aromatic carbocycles. The Hall–Kier alpha value is -2.25. The number of rotatable bonds is 6. The summed E-state index contributed by atoms with van der Waals surface area (Å²) in [5.74, 6) is 0.890. The molecule has 7 nitrogen and oxygen atoms in total. The number of carbonyl (C=O) groups is 1. The van der Waals surface area contributed by atoms with Gasteiger partial charge in [0.2, 0.25) is 0 Å². The highest BCUT2D eigenvalue weighted by atomic mass is 16.5. The molecule has 0 saturated carbocycles. The van der Waals surface area contributed by atoms with Crippen molar-refractivity contribution < 1.29 is 14.4 Å². The number of aliphatic hydroxyl groups is 1. The number of aliphatic hydroxyl groups excluding tert-OH is 1. The fraction of sp³-hybridized carbons (Fsp3) is 0.500. The van der Waals surface area contributed by atoms with E-state index in [-0.39, 0.29) is 18.1 Å². The molecule has 1 amide bonds. The summed E-state index contributed by atoms with van der Waals surface area (Å²) in [6, 6.07) is 5.19. The molecule has 1 atom stereocenters. The number of aromatic nitrogens is 2. The Balaban J connectivity index is 1.47. The molecule has 7 heteroatoms. The number of hydrogen-bond acceptors (Lipinski definition) is 6. The third-order valence-corrected chi connectivity index (χ3v) is 4.53. The van der Waals surface area contributed by atoms with Crippen LogP contribution < -0.4 is 5.32 Å². The highest BCUT2D eigenvalue weighted by molar-refractivity contribution is 5.93. The molecule has 134 valence electrons. The zero-order chi connectivity index (χ0) is 17.6. The molecule has 0 radical (unpaired) electrons. The van der Waals surface area contributed by atoms with Crippen molar-refractivity contribution in [2.24, 2.45) is 5.92 Å². The second kappa shape index (κ2) is 8.22. The smallest absolute Gasteiger partial charge is 0.273 e. The van der Waals surface area contributed by atoms with Gasteiger partial charge in [0.15, 0.2) is 11.5 Å². The summed E-state index contributed by atoms with van der Waals surface area (Å²) < 4.78 is 5.19. The topological polar surface area (TPSA) is 91.5 Å². The van der Waals surface area contributed by atoms with Gasteiger partial charge < -0.3 is 19.8 Å². The SMILES string of the molecule is CC1CCN(CC(O)CNC(=O)c2cc(-c3cccnc3)on2)CC1. The predicted molar refractivity (Wildman–Crippen MR) is 92.9 cm³/mol. The van der Waals surface area contributed by atoms with Gasteiger partial charge in [0.05, 0.1) is 6.10 Å². The monoisotopic (exact) mass is 344 g/mol. The fourth-order valence-corrected chi connectivity index (χ4v) is 2.94. The maximum absolute atomic E-state index is 12.2. The van der Waals surface area contributed by atoms with E-state index in [1.165, 1.54) is 0 Å². The summed E-state index contributed by atoms with van der Waals surface area (Å²) in [4.78, 5) is 18.4. The lowest BCUT2D eigenvalue weighted by atomic mass is 9.99. The lowest BCUT2D eigenvalue weighted by molar-refractivity contribution is 0.0790. The van der Waals surface area contributed by atoms with Crippen LogP contribution >= 0.6 is 0 Å². The van der Waals surface area contributed by atoms with Crippen LogP contribution in [0.3, 0.4) is 0 Å². The minimum atomic E-state index is -0.595. The van der Waals surface area contributed by atoms with Crippen LogP contribution in [0.2, 0.25) is 0 Å². The fourth-order valence-electron chi connectivity index (χ4n) is 2.94. The quantitative estimate of drug-likeness (QED) is 0.826. The van der Waals surface area contributed by atoms with E-state index < -0.39 is 6.10 Å². The first-order valence-corrected chi connectivity index (χ1v) is 8.67. The Labute approximate surface area is 147 Å². The molecule has 1 unspecified atom stereocenters. The molecule has 1 aliphatic rings. The molecular weight excluding hydrogens is 320 g/mol. The maximum Gasteiger partial charge on any atom is 0.273 e. The highest BCUT2D eigenvalue weighted by Crippen LogP contribution is 2.19. The van der Waals surface area contributed by atoms with Crippen molar-refractivity contribution in [1.82, 2.24) is 20.4 Å². The number of nitrogens with zero attached hydrogens (tertiary/aromatic N) is 3. The normalized spacial score (nSPS) is 17.4. The summed E-state index contributed by atoms with van der Waals surface area (Å²) in [7, 11) is 0. The van der Waals surface area contributed by atoms with Crippen LogP contribution in [0, 0.1) is 5.92 Å². The number of pyridine rings is 1. The first-order valence-electron chi connectivity index (χ1n) is 8.67. The van der Waals surface area contributed by atoms with Gasteiger partial charge in [-0.1, -0.05) is 12.1 Å². The summed E-state index contributed by atoms with van der Waals surface area (Å²) in [5.41, 5.74) is 0.950. The number of likely N-dealkylation sites (tertiary alicyclic amines) is 1. The van der Waals surface area contributed by atoms with Gasteiger partial charge in [0, 0.05) is 37.1 Å². The highest BCUT2D eigenvalue weighted by Gasteiger charge is 2.19. The number of piperidine rings is 1. The second-order valence-electron chi connectivity index (χ2n) is 6.67. The largest absolute Gasteiger partial charge is 0.390 e. The van der Waals surface area contributed by atoms with Crippen molar-refractivity contribution in [3.63, 3.8) is 0 Å². The van der Waals surface area contributed by atoms with Gasteiger partial charge >= 0.3 is 0 Å². The number of β-amino-alcohol motifs (C(OH)–C–C–N with tert-alkyl or cyclic N) is 1. The molecular formula is C18H24N4O3. The van der Waals surface area contributed by atoms with Gasteiger partial charge in [-0.05, 0) is 44.0 Å². The van der Waals surface area contributed by atoms with Gasteiger partial charge in [-0.2, -0.15) is 0 Å². The Morgan fingerprint density at radius 2 is 2.28 bits per heavy atom. The number of carbonyl (C=O) groups excluding carboxylic acids is 1. The van der Waals surface area contributed by atoms with Crippen molar-refractivity contribution in [1.29, 1.82) is 0 Å². The predicted octanol–water partition coefficient (Wildman–Crippen LogP) is 1.56. The molecule has 1 saturated heterocycles. The molecule has 0 spiro atoms. The minimum absolute atomic E-state index is 0.192. The first-order chi connectivity index (χ1) is 12.1. The van der Waals surface area contributed by atoms with Crippen LogP contribution in [0.1, 0.15) is 30.3 Å². The molecule has 3 heterocycles. The van der Waals surface area contributed by atoms with Crippen LogP contribution in [0.5, 0.6) is 0 Å². The zero-order valence-electron chi connectivity index (χ0n) is 14.4. The number of amides is 1. The van der Waals surface area contributed by atoms with Crippen LogP contribution in [0.4, 0.5) is 0 Å². The molecule has 2 N–H and O–H groups in total. The van der Waals surface area contributed by atoms with Crippen LogP contribution in [-0.2, 0) is 0 Å². The van der Waals surface area contributed by atoms with E-state index >= 15 is 0 Å². The van der Waals surface area contributed by atoms with Crippen LogP contribution in [0.25, 0.3) is 11.3 Å². The van der Waals surface area contributed by atoms with Gasteiger partial charge in [-0.15, -0.1) is 0 Å². The number of nitrogens with one attached hydrogen (secondary N) is 1. The van der Waals surface area contributed by atoms with Crippen molar-refractivity contribution in [3.05, 3.63) is 36.3 Å². The Bertz CT molecular complexity index is 681. The van der Waals surface area contributed by atoms with E-state index in [9.17, 15) is 9.90 Å². The Kier molecular flexibility index (Phi) is 5.78. The summed E-state index contributed by atoms with van der Waals surface area (Å²) in [6.07, 6.45) is 5.04. The molecule has 2 aromatic heterocycles. The second-order valence-corrected chi connectivity index (χ2v) is 6.67. The van der Waals surface area contributed by atoms with Crippen molar-refractivity contribution in [2.45, 2.75) is 25.9 Å². The first kappa shape index (κ1) is 17.6. The minimum Gasteiger partial charge on any atom is -0.390 e. The van der Waals surface area contributed by atoms with Crippen LogP contribution in [-0.4, -0.2) is 58.3 Å². The van der Waals surface area contributed by atoms with Crippen molar-refractivity contribution in [2.75, 3.05) is 26.2 Å². The molecule has 25 heavy (non-hydrogen) atoms. The lowest BCUT2D eigenvalue weighted by Crippen LogP contribution is -2.43. The van der Waals surface area contributed by atoms with E-state index in [1.54, 1.807) is 24.5 Å². The molecule has 1 fully saturated rings. The summed E-state index contributed by atoms with van der Waals surface area (Å²) in [5, 5.41) is 16.6. The van der Waals surface area contributed by atoms with E-state index in [1.807, 2.05) is 6.07 Å². The number of hydrogen-bond donors (Lipinski definition) is 2. The Morgan fingerprint density at radius 3 is 3.00 bits per heavy atom. The van der Waals surface area contributed by atoms with Crippen molar-refractivity contribution in [3.8, 4) is 11.3 Å². The molecule has 2 aromatic rings. The van der Waals surface area contributed by atoms with E-state index in [0.29, 0.717) is 12.3 Å². The summed E-state index contributed by atoms with van der Waals surface area (Å²) in [6.45, 7) is 5.03. The van der Waals surface area contributed by atoms with Gasteiger partial charge in [0.25, 0.3) is 5.91 Å². The van der Waals surface area contributed by atoms with E-state index in [4.69, 9.17) is 4.52 Å². The average Bonchev–Trinajstić information content (AvgIpc) is 3.13. The molecule has 0 bridgehead atoms. The van der Waals surface area contributed by atoms with Gasteiger partial charge in [0.1, 0.15) is 0 Å². The lowest BCUT2D eigenvalue weighted by Gasteiger charge is -2.31. The van der Waals surface area contributed by atoms with Gasteiger partial charge in [-0.25, -0.2) is 0 Å². The Morgan fingerprint density at radius 1 is 1.48 bits per heavy atom. The third-order valence-electron chi connectivity index (χ3n) is 4.53. The third kappa shape index (κ3) is 4.87. The van der Waals surface area contributed by atoms with Gasteiger partial charge in [-0.3, -0.25) is 9.78 Å².